The van der Waals surface area contributed by atoms with Crippen LogP contribution in [0.3, 0.4) is 0 Å². The first-order chi connectivity index (χ1) is 11.7. The van der Waals surface area contributed by atoms with Gasteiger partial charge >= 0.3 is 0 Å². The fourth-order valence-corrected chi connectivity index (χ4v) is 3.14. The summed E-state index contributed by atoms with van der Waals surface area (Å²) in [5, 5.41) is 6.47. The number of rotatable bonds is 7. The normalized spacial score (nSPS) is 12.2. The summed E-state index contributed by atoms with van der Waals surface area (Å²) >= 11 is 0. The Morgan fingerprint density at radius 3 is 2.36 bits per heavy atom. The van der Waals surface area contributed by atoms with E-state index in [0.29, 0.717) is 18.8 Å². The molecule has 136 valence electrons. The molecular weight excluding hydrogens is 445 g/mol. The second-order valence-corrected chi connectivity index (χ2v) is 7.04. The number of hydrogen-bond donors (Lipinski definition) is 2. The van der Waals surface area contributed by atoms with E-state index in [-0.39, 0.29) is 24.0 Å². The summed E-state index contributed by atoms with van der Waals surface area (Å²) in [5.74, 6) is 1.31. The van der Waals surface area contributed by atoms with Crippen LogP contribution in [0.15, 0.2) is 64.5 Å². The van der Waals surface area contributed by atoms with Gasteiger partial charge in [-0.15, -0.1) is 24.0 Å². The Hall–Kier alpha value is -1.41. The predicted octanol–water partition coefficient (Wildman–Crippen LogP) is 3.48. The van der Waals surface area contributed by atoms with Gasteiger partial charge < -0.3 is 10.6 Å². The molecule has 0 aliphatic rings. The average molecular weight is 471 g/mol. The van der Waals surface area contributed by atoms with Crippen molar-refractivity contribution in [2.75, 3.05) is 18.8 Å². The molecule has 1 atom stereocenters. The molecule has 0 heterocycles. The molecule has 2 aromatic rings. The fourth-order valence-electron chi connectivity index (χ4n) is 2.16. The fraction of sp³-hybridized carbons (Fsp3) is 0.316. The third-order valence-corrected chi connectivity index (χ3v) is 4.84. The van der Waals surface area contributed by atoms with E-state index in [4.69, 9.17) is 0 Å². The summed E-state index contributed by atoms with van der Waals surface area (Å²) in [4.78, 5) is 5.44. The van der Waals surface area contributed by atoms with Gasteiger partial charge in [0.1, 0.15) is 0 Å². The Balaban J connectivity index is 0.00000312. The Morgan fingerprint density at radius 2 is 1.72 bits per heavy atom. The summed E-state index contributed by atoms with van der Waals surface area (Å²) in [6, 6.07) is 17.9. The highest BCUT2D eigenvalue weighted by Crippen LogP contribution is 2.05. The minimum Gasteiger partial charge on any atom is -0.357 e. The van der Waals surface area contributed by atoms with E-state index in [0.717, 1.165) is 17.4 Å². The minimum atomic E-state index is -0.992. The maximum absolute atomic E-state index is 12.2. The molecule has 0 aromatic heterocycles. The molecule has 2 aromatic carbocycles. The van der Waals surface area contributed by atoms with E-state index in [1.54, 1.807) is 0 Å². The van der Waals surface area contributed by atoms with Crippen LogP contribution in [0, 0.1) is 6.92 Å². The van der Waals surface area contributed by atoms with Gasteiger partial charge in [0, 0.05) is 23.7 Å². The molecule has 0 fully saturated rings. The van der Waals surface area contributed by atoms with Gasteiger partial charge in [0.25, 0.3) is 0 Å². The van der Waals surface area contributed by atoms with Gasteiger partial charge in [-0.3, -0.25) is 4.21 Å². The number of guanidine groups is 1. The molecule has 0 radical (unpaired) electrons. The first-order valence-electron chi connectivity index (χ1n) is 8.20. The molecular formula is C19H26IN3OS. The van der Waals surface area contributed by atoms with Gasteiger partial charge in [0.05, 0.1) is 17.3 Å². The number of aliphatic imine (C=N–C) groups is 1. The van der Waals surface area contributed by atoms with Crippen molar-refractivity contribution < 1.29 is 4.21 Å². The number of benzene rings is 2. The molecule has 0 aliphatic carbocycles. The van der Waals surface area contributed by atoms with Crippen LogP contribution < -0.4 is 10.6 Å². The highest BCUT2D eigenvalue weighted by Gasteiger charge is 2.03. The first kappa shape index (κ1) is 21.6. The molecule has 0 aliphatic heterocycles. The molecule has 4 nitrogen and oxygen atoms in total. The topological polar surface area (TPSA) is 53.5 Å². The van der Waals surface area contributed by atoms with Crippen molar-refractivity contribution in [2.45, 2.75) is 25.3 Å². The second kappa shape index (κ2) is 12.0. The molecule has 6 heteroatoms. The Labute approximate surface area is 170 Å². The summed E-state index contributed by atoms with van der Waals surface area (Å²) in [7, 11) is -0.992. The lowest BCUT2D eigenvalue weighted by Crippen LogP contribution is -2.39. The maximum Gasteiger partial charge on any atom is 0.191 e. The van der Waals surface area contributed by atoms with Gasteiger partial charge in [-0.2, -0.15) is 0 Å². The molecule has 2 N–H and O–H groups in total. The summed E-state index contributed by atoms with van der Waals surface area (Å²) in [6.45, 7) is 6.14. The first-order valence-corrected chi connectivity index (χ1v) is 9.52. The van der Waals surface area contributed by atoms with E-state index < -0.39 is 10.8 Å². The molecule has 0 spiro atoms. The van der Waals surface area contributed by atoms with Crippen molar-refractivity contribution in [1.29, 1.82) is 0 Å². The molecule has 0 saturated carbocycles. The van der Waals surface area contributed by atoms with Crippen molar-refractivity contribution in [1.82, 2.24) is 10.6 Å². The Morgan fingerprint density at radius 1 is 1.04 bits per heavy atom. The lowest BCUT2D eigenvalue weighted by molar-refractivity contribution is 0.681. The third kappa shape index (κ3) is 8.00. The smallest absolute Gasteiger partial charge is 0.191 e. The average Bonchev–Trinajstić information content (AvgIpc) is 2.61. The standard InChI is InChI=1S/C19H25N3OS.HI/c1-3-20-19(22-15-17-11-9-16(2)10-12-17)21-13-14-24(23)18-7-5-4-6-8-18;/h4-12H,3,13-15H2,1-2H3,(H2,20,21,22);1H. The van der Waals surface area contributed by atoms with Gasteiger partial charge in [-0.05, 0) is 31.5 Å². The van der Waals surface area contributed by atoms with Crippen molar-refractivity contribution in [2.24, 2.45) is 4.99 Å². The minimum absolute atomic E-state index is 0. The number of halogens is 1. The molecule has 2 rings (SSSR count). The maximum atomic E-state index is 12.2. The predicted molar refractivity (Wildman–Crippen MR) is 117 cm³/mol. The molecule has 1 unspecified atom stereocenters. The molecule has 0 bridgehead atoms. The zero-order valence-corrected chi connectivity index (χ0v) is 17.8. The van der Waals surface area contributed by atoms with Crippen molar-refractivity contribution >= 4 is 40.7 Å². The Kier molecular flexibility index (Phi) is 10.4. The van der Waals surface area contributed by atoms with Gasteiger partial charge in [-0.25, -0.2) is 4.99 Å². The van der Waals surface area contributed by atoms with Crippen LogP contribution in [-0.2, 0) is 17.3 Å². The van der Waals surface area contributed by atoms with Gasteiger partial charge in [0.15, 0.2) is 5.96 Å². The monoisotopic (exact) mass is 471 g/mol. The highest BCUT2D eigenvalue weighted by atomic mass is 127. The SMILES string of the molecule is CCNC(=NCc1ccc(C)cc1)NCCS(=O)c1ccccc1.I. The second-order valence-electron chi connectivity index (χ2n) is 5.47. The van der Waals surface area contributed by atoms with Crippen LogP contribution in [0.4, 0.5) is 0 Å². The molecule has 0 saturated heterocycles. The lowest BCUT2D eigenvalue weighted by Gasteiger charge is -2.11. The van der Waals surface area contributed by atoms with E-state index >= 15 is 0 Å². The number of aryl methyl sites for hydroxylation is 1. The van der Waals surface area contributed by atoms with Crippen LogP contribution in [0.5, 0.6) is 0 Å². The zero-order valence-electron chi connectivity index (χ0n) is 14.7. The quantitative estimate of drug-likeness (QED) is 0.370. The van der Waals surface area contributed by atoms with Crippen LogP contribution in [0.25, 0.3) is 0 Å². The van der Waals surface area contributed by atoms with Crippen molar-refractivity contribution in [3.8, 4) is 0 Å². The Bertz CT molecular complexity index is 675. The number of nitrogens with zero attached hydrogens (tertiary/aromatic N) is 1. The lowest BCUT2D eigenvalue weighted by atomic mass is 10.1. The largest absolute Gasteiger partial charge is 0.357 e. The van der Waals surface area contributed by atoms with Crippen LogP contribution in [-0.4, -0.2) is 29.0 Å². The van der Waals surface area contributed by atoms with E-state index in [9.17, 15) is 4.21 Å². The molecule has 0 amide bonds. The summed E-state index contributed by atoms with van der Waals surface area (Å²) < 4.78 is 12.2. The third-order valence-electron chi connectivity index (χ3n) is 3.47. The number of hydrogen-bond acceptors (Lipinski definition) is 2. The van der Waals surface area contributed by atoms with Crippen molar-refractivity contribution in [3.63, 3.8) is 0 Å². The van der Waals surface area contributed by atoms with E-state index in [2.05, 4.69) is 46.8 Å². The molecule has 25 heavy (non-hydrogen) atoms. The summed E-state index contributed by atoms with van der Waals surface area (Å²) in [6.07, 6.45) is 0. The van der Waals surface area contributed by atoms with Crippen molar-refractivity contribution in [3.05, 3.63) is 65.7 Å². The number of nitrogens with one attached hydrogen (secondary N) is 2. The van der Waals surface area contributed by atoms with Crippen LogP contribution >= 0.6 is 24.0 Å². The van der Waals surface area contributed by atoms with Gasteiger partial charge in [0.2, 0.25) is 0 Å². The zero-order chi connectivity index (χ0) is 17.2. The van der Waals surface area contributed by atoms with E-state index in [1.807, 2.05) is 37.3 Å². The van der Waals surface area contributed by atoms with Crippen LogP contribution in [0.2, 0.25) is 0 Å². The van der Waals surface area contributed by atoms with E-state index in [1.165, 1.54) is 11.1 Å². The highest BCUT2D eigenvalue weighted by molar-refractivity contribution is 14.0. The summed E-state index contributed by atoms with van der Waals surface area (Å²) in [5.41, 5.74) is 2.42. The van der Waals surface area contributed by atoms with Gasteiger partial charge in [-0.1, -0.05) is 48.0 Å². The van der Waals surface area contributed by atoms with Crippen LogP contribution in [0.1, 0.15) is 18.1 Å².